The summed E-state index contributed by atoms with van der Waals surface area (Å²) in [7, 11) is 0. The van der Waals surface area contributed by atoms with Crippen LogP contribution in [0.25, 0.3) is 11.1 Å². The summed E-state index contributed by atoms with van der Waals surface area (Å²) in [6.45, 7) is 4.30. The second-order valence-electron chi connectivity index (χ2n) is 6.72. The number of anilines is 1. The summed E-state index contributed by atoms with van der Waals surface area (Å²) in [6.07, 6.45) is -0.365. The van der Waals surface area contributed by atoms with E-state index in [0.717, 1.165) is 27.9 Å². The van der Waals surface area contributed by atoms with Crippen LogP contribution in [0.2, 0.25) is 0 Å². The Bertz CT molecular complexity index is 792. The molecule has 0 unspecified atom stereocenters. The van der Waals surface area contributed by atoms with Crippen LogP contribution in [-0.4, -0.2) is 40.4 Å². The second-order valence-corrected chi connectivity index (χ2v) is 6.72. The van der Waals surface area contributed by atoms with Crippen LogP contribution in [0, 0.1) is 10.1 Å². The lowest BCUT2D eigenvalue weighted by atomic mass is 10.0. The molecule has 2 aromatic rings. The van der Waals surface area contributed by atoms with Gasteiger partial charge in [0.1, 0.15) is 0 Å². The molecular formula is C19H22N2O4. The highest BCUT2D eigenvalue weighted by molar-refractivity contribution is 5.79. The van der Waals surface area contributed by atoms with Crippen LogP contribution in [0.4, 0.5) is 11.4 Å². The number of nitro groups is 1. The Morgan fingerprint density at radius 2 is 1.60 bits per heavy atom. The Morgan fingerprint density at radius 1 is 1.04 bits per heavy atom. The largest absolute Gasteiger partial charge is 0.392 e. The Kier molecular flexibility index (Phi) is 4.74. The van der Waals surface area contributed by atoms with Crippen LogP contribution in [-0.2, 0) is 6.42 Å². The van der Waals surface area contributed by atoms with Gasteiger partial charge in [0.05, 0.1) is 17.1 Å². The first kappa shape index (κ1) is 17.4. The first-order chi connectivity index (χ1) is 11.8. The predicted molar refractivity (Wildman–Crippen MR) is 96.9 cm³/mol. The number of non-ortho nitro benzene ring substituents is 1. The molecule has 132 valence electrons. The quantitative estimate of drug-likeness (QED) is 0.531. The zero-order valence-electron chi connectivity index (χ0n) is 14.3. The van der Waals surface area contributed by atoms with Crippen molar-refractivity contribution in [2.45, 2.75) is 32.5 Å². The Hall–Kier alpha value is -2.44. The number of hydrogen-bond donors (Lipinski definition) is 2. The molecule has 1 aliphatic carbocycles. The minimum atomic E-state index is -0.508. The molecule has 0 bridgehead atoms. The summed E-state index contributed by atoms with van der Waals surface area (Å²) in [5, 5.41) is 30.4. The van der Waals surface area contributed by atoms with E-state index in [4.69, 9.17) is 0 Å². The lowest BCUT2D eigenvalue weighted by Gasteiger charge is -2.28. The summed E-state index contributed by atoms with van der Waals surface area (Å²) >= 11 is 0. The third-order valence-electron chi connectivity index (χ3n) is 4.39. The fourth-order valence-corrected chi connectivity index (χ4v) is 3.42. The smallest absolute Gasteiger partial charge is 0.269 e. The molecule has 3 rings (SSSR count). The first-order valence-electron chi connectivity index (χ1n) is 8.37. The number of fused-ring (bicyclic) bond motifs is 3. The van der Waals surface area contributed by atoms with Gasteiger partial charge in [-0.1, -0.05) is 6.07 Å². The molecule has 0 aliphatic heterocycles. The number of aliphatic hydroxyl groups is 2. The summed E-state index contributed by atoms with van der Waals surface area (Å²) in [5.74, 6) is 0. The SMILES string of the molecule is C[C@@H](O)CN(C[C@@H](C)O)c1ccc2c(c1)Cc1cc([N+](=O)[O-])ccc1-2. The number of nitro benzene ring substituents is 1. The van der Waals surface area contributed by atoms with Crippen molar-refractivity contribution in [3.8, 4) is 11.1 Å². The van der Waals surface area contributed by atoms with Gasteiger partial charge in [-0.15, -0.1) is 0 Å². The van der Waals surface area contributed by atoms with Gasteiger partial charge < -0.3 is 15.1 Å². The highest BCUT2D eigenvalue weighted by atomic mass is 16.6. The lowest BCUT2D eigenvalue weighted by molar-refractivity contribution is -0.384. The third kappa shape index (κ3) is 3.65. The molecule has 2 aromatic carbocycles. The zero-order chi connectivity index (χ0) is 18.1. The van der Waals surface area contributed by atoms with Crippen LogP contribution in [0.3, 0.4) is 0 Å². The number of benzene rings is 2. The maximum atomic E-state index is 11.0. The van der Waals surface area contributed by atoms with E-state index < -0.39 is 12.2 Å². The van der Waals surface area contributed by atoms with Crippen LogP contribution < -0.4 is 4.90 Å². The molecule has 0 amide bonds. The Morgan fingerprint density at radius 3 is 2.16 bits per heavy atom. The van der Waals surface area contributed by atoms with Gasteiger partial charge in [0.2, 0.25) is 0 Å². The zero-order valence-corrected chi connectivity index (χ0v) is 14.3. The third-order valence-corrected chi connectivity index (χ3v) is 4.39. The van der Waals surface area contributed by atoms with E-state index in [1.54, 1.807) is 19.9 Å². The van der Waals surface area contributed by atoms with Gasteiger partial charge in [-0.05, 0) is 60.7 Å². The Labute approximate surface area is 146 Å². The van der Waals surface area contributed by atoms with Crippen LogP contribution in [0.1, 0.15) is 25.0 Å². The van der Waals surface area contributed by atoms with Gasteiger partial charge in [0.25, 0.3) is 5.69 Å². The monoisotopic (exact) mass is 342 g/mol. The minimum absolute atomic E-state index is 0.108. The normalized spacial score (nSPS) is 14.6. The molecule has 1 aliphatic rings. The molecule has 25 heavy (non-hydrogen) atoms. The van der Waals surface area contributed by atoms with Gasteiger partial charge in [0, 0.05) is 30.9 Å². The molecule has 0 fully saturated rings. The van der Waals surface area contributed by atoms with Gasteiger partial charge >= 0.3 is 0 Å². The summed E-state index contributed by atoms with van der Waals surface area (Å²) < 4.78 is 0. The topological polar surface area (TPSA) is 86.8 Å². The molecule has 0 heterocycles. The highest BCUT2D eigenvalue weighted by Gasteiger charge is 2.22. The molecule has 0 radical (unpaired) electrons. The van der Waals surface area contributed by atoms with Crippen LogP contribution in [0.5, 0.6) is 0 Å². The van der Waals surface area contributed by atoms with E-state index in [1.807, 2.05) is 29.2 Å². The minimum Gasteiger partial charge on any atom is -0.392 e. The van der Waals surface area contributed by atoms with Crippen molar-refractivity contribution in [2.75, 3.05) is 18.0 Å². The number of nitrogens with zero attached hydrogens (tertiary/aromatic N) is 2. The number of aliphatic hydroxyl groups excluding tert-OH is 2. The van der Waals surface area contributed by atoms with Crippen molar-refractivity contribution in [1.29, 1.82) is 0 Å². The molecule has 0 spiro atoms. The average Bonchev–Trinajstić information content (AvgIpc) is 2.89. The standard InChI is InChI=1S/C19H22N2O4/c1-12(22)10-20(11-13(2)23)16-3-5-18-14(8-16)7-15-9-17(21(24)25)4-6-19(15)18/h3-6,8-9,12-13,22-23H,7,10-11H2,1-2H3/t12-,13-/m1/s1. The van der Waals surface area contributed by atoms with Gasteiger partial charge in [-0.25, -0.2) is 0 Å². The van der Waals surface area contributed by atoms with E-state index in [2.05, 4.69) is 0 Å². The molecule has 6 nitrogen and oxygen atoms in total. The van der Waals surface area contributed by atoms with Crippen molar-refractivity contribution < 1.29 is 15.1 Å². The van der Waals surface area contributed by atoms with Crippen LogP contribution in [0.15, 0.2) is 36.4 Å². The predicted octanol–water partition coefficient (Wildman–Crippen LogP) is 2.73. The fraction of sp³-hybridized carbons (Fsp3) is 0.368. The van der Waals surface area contributed by atoms with Crippen molar-refractivity contribution in [1.82, 2.24) is 0 Å². The van der Waals surface area contributed by atoms with Crippen LogP contribution >= 0.6 is 0 Å². The maximum absolute atomic E-state index is 11.0. The highest BCUT2D eigenvalue weighted by Crippen LogP contribution is 2.39. The van der Waals surface area contributed by atoms with E-state index in [1.165, 1.54) is 6.07 Å². The summed E-state index contributed by atoms with van der Waals surface area (Å²) in [5.41, 5.74) is 5.22. The summed E-state index contributed by atoms with van der Waals surface area (Å²) in [4.78, 5) is 12.6. The molecule has 2 atom stereocenters. The average molecular weight is 342 g/mol. The van der Waals surface area contributed by atoms with E-state index >= 15 is 0 Å². The molecule has 2 N–H and O–H groups in total. The van der Waals surface area contributed by atoms with Gasteiger partial charge in [-0.3, -0.25) is 10.1 Å². The van der Waals surface area contributed by atoms with Gasteiger partial charge in [-0.2, -0.15) is 0 Å². The fourth-order valence-electron chi connectivity index (χ4n) is 3.42. The van der Waals surface area contributed by atoms with E-state index in [-0.39, 0.29) is 10.6 Å². The summed E-state index contributed by atoms with van der Waals surface area (Å²) in [6, 6.07) is 11.0. The van der Waals surface area contributed by atoms with Crippen molar-refractivity contribution in [3.63, 3.8) is 0 Å². The first-order valence-corrected chi connectivity index (χ1v) is 8.37. The lowest BCUT2D eigenvalue weighted by Crippen LogP contribution is -2.36. The van der Waals surface area contributed by atoms with Crippen molar-refractivity contribution in [3.05, 3.63) is 57.6 Å². The Balaban J connectivity index is 1.92. The number of hydrogen-bond acceptors (Lipinski definition) is 5. The van der Waals surface area contributed by atoms with E-state index in [9.17, 15) is 20.3 Å². The molecule has 0 saturated heterocycles. The van der Waals surface area contributed by atoms with Crippen molar-refractivity contribution in [2.24, 2.45) is 0 Å². The molecule has 6 heteroatoms. The molecular weight excluding hydrogens is 320 g/mol. The van der Waals surface area contributed by atoms with Crippen molar-refractivity contribution >= 4 is 11.4 Å². The number of rotatable bonds is 6. The van der Waals surface area contributed by atoms with E-state index in [0.29, 0.717) is 19.5 Å². The second kappa shape index (κ2) is 6.82. The maximum Gasteiger partial charge on any atom is 0.269 e. The molecule has 0 aromatic heterocycles. The molecule has 0 saturated carbocycles. The van der Waals surface area contributed by atoms with Gasteiger partial charge in [0.15, 0.2) is 0 Å².